The molecule has 1 aromatic carbocycles. The molecule has 0 N–H and O–H groups in total. The Morgan fingerprint density at radius 2 is 1.89 bits per heavy atom. The van der Waals surface area contributed by atoms with Crippen molar-refractivity contribution >= 4 is 17.1 Å². The lowest BCUT2D eigenvalue weighted by atomic mass is 10.1. The number of rotatable bonds is 3. The summed E-state index contributed by atoms with van der Waals surface area (Å²) in [5.41, 5.74) is -0.00733. The van der Waals surface area contributed by atoms with Crippen molar-refractivity contribution in [3.63, 3.8) is 0 Å². The topological polar surface area (TPSA) is 17.1 Å². The van der Waals surface area contributed by atoms with E-state index in [1.807, 2.05) is 13.0 Å². The third kappa shape index (κ3) is 2.20. The Labute approximate surface area is 108 Å². The van der Waals surface area contributed by atoms with Crippen molar-refractivity contribution in [3.8, 4) is 0 Å². The van der Waals surface area contributed by atoms with E-state index in [1.54, 1.807) is 6.07 Å². The van der Waals surface area contributed by atoms with Crippen LogP contribution in [0.5, 0.6) is 0 Å². The van der Waals surface area contributed by atoms with Gasteiger partial charge < -0.3 is 0 Å². The molecule has 0 aliphatic carbocycles. The molecule has 0 aliphatic rings. The number of carbonyl (C=O) groups is 1. The zero-order valence-corrected chi connectivity index (χ0v) is 10.9. The predicted octanol–water partition coefficient (Wildman–Crippen LogP) is 4.13. The van der Waals surface area contributed by atoms with E-state index in [9.17, 15) is 13.6 Å². The predicted molar refractivity (Wildman–Crippen MR) is 68.2 cm³/mol. The summed E-state index contributed by atoms with van der Waals surface area (Å²) in [6.07, 6.45) is 0.822. The first-order valence-corrected chi connectivity index (χ1v) is 6.44. The molecule has 0 saturated heterocycles. The van der Waals surface area contributed by atoms with Crippen molar-refractivity contribution in [1.82, 2.24) is 0 Å². The van der Waals surface area contributed by atoms with E-state index in [0.29, 0.717) is 4.88 Å². The highest BCUT2D eigenvalue weighted by atomic mass is 32.1. The summed E-state index contributed by atoms with van der Waals surface area (Å²) < 4.78 is 27.1. The van der Waals surface area contributed by atoms with Crippen LogP contribution in [0.4, 0.5) is 8.78 Å². The molecular weight excluding hydrogens is 254 g/mol. The van der Waals surface area contributed by atoms with Crippen LogP contribution in [0, 0.1) is 18.6 Å². The SMILES string of the molecule is CCc1ccc(C(=O)c2ccc(C)c(F)c2F)s1. The van der Waals surface area contributed by atoms with Crippen LogP contribution in [0.1, 0.15) is 32.6 Å². The number of thiophene rings is 1. The average molecular weight is 266 g/mol. The lowest BCUT2D eigenvalue weighted by molar-refractivity contribution is 0.103. The zero-order chi connectivity index (χ0) is 13.3. The van der Waals surface area contributed by atoms with Crippen LogP contribution in [0.2, 0.25) is 0 Å². The first-order valence-electron chi connectivity index (χ1n) is 5.62. The molecule has 0 spiro atoms. The van der Waals surface area contributed by atoms with Crippen molar-refractivity contribution in [3.05, 3.63) is 56.8 Å². The molecule has 0 fully saturated rings. The van der Waals surface area contributed by atoms with Crippen molar-refractivity contribution < 1.29 is 13.6 Å². The van der Waals surface area contributed by atoms with Gasteiger partial charge in [0.1, 0.15) is 0 Å². The number of benzene rings is 1. The molecule has 18 heavy (non-hydrogen) atoms. The second kappa shape index (κ2) is 4.98. The summed E-state index contributed by atoms with van der Waals surface area (Å²) in [5.74, 6) is -2.48. The second-order valence-electron chi connectivity index (χ2n) is 4.01. The summed E-state index contributed by atoms with van der Waals surface area (Å²) in [7, 11) is 0. The Hall–Kier alpha value is -1.55. The molecule has 2 rings (SSSR count). The molecule has 0 atom stereocenters. The van der Waals surface area contributed by atoms with Crippen LogP contribution in [-0.4, -0.2) is 5.78 Å². The molecule has 94 valence electrons. The van der Waals surface area contributed by atoms with Crippen molar-refractivity contribution in [2.24, 2.45) is 0 Å². The van der Waals surface area contributed by atoms with E-state index in [2.05, 4.69) is 0 Å². The largest absolute Gasteiger partial charge is 0.288 e. The Kier molecular flexibility index (Phi) is 3.57. The fourth-order valence-electron chi connectivity index (χ4n) is 1.64. The number of hydrogen-bond acceptors (Lipinski definition) is 2. The van der Waals surface area contributed by atoms with Gasteiger partial charge in [-0.1, -0.05) is 13.0 Å². The van der Waals surface area contributed by atoms with Crippen LogP contribution in [0.15, 0.2) is 24.3 Å². The molecule has 0 unspecified atom stereocenters. The smallest absolute Gasteiger partial charge is 0.206 e. The first kappa shape index (κ1) is 12.9. The summed E-state index contributed by atoms with van der Waals surface area (Å²) in [6.45, 7) is 3.44. The van der Waals surface area contributed by atoms with Crippen LogP contribution in [-0.2, 0) is 6.42 Å². The molecule has 1 aromatic heterocycles. The molecule has 1 nitrogen and oxygen atoms in total. The molecule has 1 heterocycles. The fourth-order valence-corrected chi connectivity index (χ4v) is 2.55. The Morgan fingerprint density at radius 3 is 2.50 bits per heavy atom. The molecule has 0 amide bonds. The quantitative estimate of drug-likeness (QED) is 0.763. The van der Waals surface area contributed by atoms with Gasteiger partial charge in [0.05, 0.1) is 10.4 Å². The normalized spacial score (nSPS) is 10.7. The van der Waals surface area contributed by atoms with Gasteiger partial charge in [0.2, 0.25) is 5.78 Å². The van der Waals surface area contributed by atoms with Gasteiger partial charge in [-0.25, -0.2) is 8.78 Å². The van der Waals surface area contributed by atoms with Gasteiger partial charge in [0.25, 0.3) is 0 Å². The van der Waals surface area contributed by atoms with Gasteiger partial charge >= 0.3 is 0 Å². The maximum absolute atomic E-state index is 13.7. The molecule has 0 aliphatic heterocycles. The van der Waals surface area contributed by atoms with Gasteiger partial charge in [-0.3, -0.25) is 4.79 Å². The van der Waals surface area contributed by atoms with E-state index in [0.717, 1.165) is 11.3 Å². The second-order valence-corrected chi connectivity index (χ2v) is 5.17. The van der Waals surface area contributed by atoms with Crippen LogP contribution >= 0.6 is 11.3 Å². The van der Waals surface area contributed by atoms with Crippen molar-refractivity contribution in [2.45, 2.75) is 20.3 Å². The highest BCUT2D eigenvalue weighted by Crippen LogP contribution is 2.23. The minimum absolute atomic E-state index is 0.199. The summed E-state index contributed by atoms with van der Waals surface area (Å²) in [6, 6.07) is 6.24. The van der Waals surface area contributed by atoms with Crippen LogP contribution in [0.3, 0.4) is 0 Å². The van der Waals surface area contributed by atoms with E-state index in [4.69, 9.17) is 0 Å². The molecular formula is C14H12F2OS. The zero-order valence-electron chi connectivity index (χ0n) is 10.1. The number of hydrogen-bond donors (Lipinski definition) is 0. The highest BCUT2D eigenvalue weighted by molar-refractivity contribution is 7.14. The van der Waals surface area contributed by atoms with Gasteiger partial charge in [0, 0.05) is 4.88 Å². The lowest BCUT2D eigenvalue weighted by Gasteiger charge is -2.03. The molecule has 4 heteroatoms. The minimum Gasteiger partial charge on any atom is -0.288 e. The number of ketones is 1. The van der Waals surface area contributed by atoms with E-state index in [1.165, 1.54) is 30.4 Å². The molecule has 0 bridgehead atoms. The number of aryl methyl sites for hydroxylation is 2. The first-order chi connectivity index (χ1) is 8.54. The van der Waals surface area contributed by atoms with Gasteiger partial charge in [-0.2, -0.15) is 0 Å². The van der Waals surface area contributed by atoms with Gasteiger partial charge in [0.15, 0.2) is 11.6 Å². The van der Waals surface area contributed by atoms with E-state index < -0.39 is 17.4 Å². The maximum Gasteiger partial charge on any atom is 0.206 e. The number of carbonyl (C=O) groups excluding carboxylic acids is 1. The standard InChI is InChI=1S/C14H12F2OS/c1-3-9-5-7-11(18-9)14(17)10-6-4-8(2)12(15)13(10)16/h4-7H,3H2,1-2H3. The van der Waals surface area contributed by atoms with Gasteiger partial charge in [-0.15, -0.1) is 11.3 Å². The molecule has 2 aromatic rings. The third-order valence-electron chi connectivity index (χ3n) is 2.75. The monoisotopic (exact) mass is 266 g/mol. The summed E-state index contributed by atoms with van der Waals surface area (Å²) in [4.78, 5) is 13.6. The number of halogens is 2. The molecule has 0 radical (unpaired) electrons. The third-order valence-corrected chi connectivity index (χ3v) is 3.98. The fraction of sp³-hybridized carbons (Fsp3) is 0.214. The van der Waals surface area contributed by atoms with E-state index in [-0.39, 0.29) is 11.1 Å². The maximum atomic E-state index is 13.7. The average Bonchev–Trinajstić information content (AvgIpc) is 2.84. The Balaban J connectivity index is 2.43. The lowest BCUT2D eigenvalue weighted by Crippen LogP contribution is -2.05. The van der Waals surface area contributed by atoms with Crippen molar-refractivity contribution in [2.75, 3.05) is 0 Å². The van der Waals surface area contributed by atoms with Gasteiger partial charge in [-0.05, 0) is 37.1 Å². The van der Waals surface area contributed by atoms with Crippen molar-refractivity contribution in [1.29, 1.82) is 0 Å². The molecule has 0 saturated carbocycles. The summed E-state index contributed by atoms with van der Waals surface area (Å²) >= 11 is 1.32. The minimum atomic E-state index is -1.06. The van der Waals surface area contributed by atoms with Crippen LogP contribution < -0.4 is 0 Å². The van der Waals surface area contributed by atoms with E-state index >= 15 is 0 Å². The highest BCUT2D eigenvalue weighted by Gasteiger charge is 2.19. The van der Waals surface area contributed by atoms with Crippen LogP contribution in [0.25, 0.3) is 0 Å². The summed E-state index contributed by atoms with van der Waals surface area (Å²) in [5, 5.41) is 0. The Bertz CT molecular complexity index is 602. The Morgan fingerprint density at radius 1 is 1.17 bits per heavy atom.